The van der Waals surface area contributed by atoms with Crippen molar-refractivity contribution in [3.8, 4) is 0 Å². The van der Waals surface area contributed by atoms with Crippen molar-refractivity contribution in [3.05, 3.63) is 52.7 Å². The Kier molecular flexibility index (Phi) is 6.15. The molecule has 0 aliphatic rings. The van der Waals surface area contributed by atoms with Gasteiger partial charge in [-0.2, -0.15) is 0 Å². The molecule has 2 aromatic rings. The van der Waals surface area contributed by atoms with E-state index in [2.05, 4.69) is 10.6 Å². The van der Waals surface area contributed by atoms with Crippen LogP contribution in [0.25, 0.3) is 0 Å². The number of benzene rings is 1. The molecule has 1 amide bonds. The minimum atomic E-state index is -0.0905. The number of carbonyl (C=O) groups is 2. The van der Waals surface area contributed by atoms with E-state index in [0.717, 1.165) is 5.69 Å². The molecule has 2 N–H and O–H groups in total. The summed E-state index contributed by atoms with van der Waals surface area (Å²) in [5.41, 5.74) is 1.02. The van der Waals surface area contributed by atoms with Crippen LogP contribution >= 0.6 is 11.3 Å². The van der Waals surface area contributed by atoms with Crippen LogP contribution in [0.3, 0.4) is 0 Å². The summed E-state index contributed by atoms with van der Waals surface area (Å²) in [4.78, 5) is 24.4. The lowest BCUT2D eigenvalue weighted by atomic mass is 10.2. The summed E-state index contributed by atoms with van der Waals surface area (Å²) in [5, 5.41) is 8.02. The molecule has 0 aliphatic carbocycles. The first kappa shape index (κ1) is 16.2. The third kappa shape index (κ3) is 5.33. The van der Waals surface area contributed by atoms with Crippen LogP contribution in [0.5, 0.6) is 0 Å². The lowest BCUT2D eigenvalue weighted by Gasteiger charge is -2.15. The number of hydrogen-bond acceptors (Lipinski definition) is 4. The summed E-state index contributed by atoms with van der Waals surface area (Å²) in [7, 11) is 0. The minimum absolute atomic E-state index is 0.00421. The molecular weight excluding hydrogens is 296 g/mol. The van der Waals surface area contributed by atoms with Crippen molar-refractivity contribution in [2.45, 2.75) is 25.8 Å². The van der Waals surface area contributed by atoms with Gasteiger partial charge in [-0.05, 0) is 30.5 Å². The Labute approximate surface area is 134 Å². The molecule has 0 saturated heterocycles. The minimum Gasteiger partial charge on any atom is -0.383 e. The van der Waals surface area contributed by atoms with Gasteiger partial charge in [0, 0.05) is 31.1 Å². The van der Waals surface area contributed by atoms with Crippen LogP contribution in [0.2, 0.25) is 0 Å². The van der Waals surface area contributed by atoms with Crippen LogP contribution in [-0.2, 0) is 4.79 Å². The van der Waals surface area contributed by atoms with E-state index >= 15 is 0 Å². The van der Waals surface area contributed by atoms with Crippen LogP contribution in [0.1, 0.15) is 29.4 Å². The Balaban J connectivity index is 1.67. The lowest BCUT2D eigenvalue weighted by molar-refractivity contribution is -0.121. The number of amides is 1. The highest BCUT2D eigenvalue weighted by atomic mass is 32.1. The maximum absolute atomic E-state index is 11.9. The standard InChI is InChI=1S/C17H20N2O2S/c1-13(12-18-14-6-3-2-4-7-14)19-17(21)10-9-15(20)16-8-5-11-22-16/h2-8,11,13,18H,9-10,12H2,1H3,(H,19,21)/t13-/m1/s1. The Morgan fingerprint density at radius 2 is 1.86 bits per heavy atom. The van der Waals surface area contributed by atoms with Gasteiger partial charge in [-0.3, -0.25) is 9.59 Å². The molecule has 2 rings (SSSR count). The molecule has 22 heavy (non-hydrogen) atoms. The van der Waals surface area contributed by atoms with Crippen molar-refractivity contribution in [3.63, 3.8) is 0 Å². The van der Waals surface area contributed by atoms with Gasteiger partial charge in [0.1, 0.15) is 0 Å². The summed E-state index contributed by atoms with van der Waals surface area (Å²) in [6, 6.07) is 13.5. The highest BCUT2D eigenvalue weighted by Gasteiger charge is 2.11. The molecule has 0 saturated carbocycles. The van der Waals surface area contributed by atoms with Crippen LogP contribution in [-0.4, -0.2) is 24.3 Å². The zero-order chi connectivity index (χ0) is 15.8. The Morgan fingerprint density at radius 3 is 2.55 bits per heavy atom. The van der Waals surface area contributed by atoms with Crippen LogP contribution in [0.4, 0.5) is 5.69 Å². The third-order valence-corrected chi connectivity index (χ3v) is 4.08. The van der Waals surface area contributed by atoms with E-state index in [-0.39, 0.29) is 30.6 Å². The maximum atomic E-state index is 11.9. The number of Topliss-reactive ketones (excluding diaryl/α,β-unsaturated/α-hetero) is 1. The fourth-order valence-electron chi connectivity index (χ4n) is 2.01. The van der Waals surface area contributed by atoms with E-state index in [9.17, 15) is 9.59 Å². The summed E-state index contributed by atoms with van der Waals surface area (Å²) < 4.78 is 0. The van der Waals surface area contributed by atoms with Crippen molar-refractivity contribution in [1.29, 1.82) is 0 Å². The van der Waals surface area contributed by atoms with Crippen molar-refractivity contribution in [2.24, 2.45) is 0 Å². The molecule has 0 bridgehead atoms. The topological polar surface area (TPSA) is 58.2 Å². The highest BCUT2D eigenvalue weighted by molar-refractivity contribution is 7.12. The van der Waals surface area contributed by atoms with Gasteiger partial charge in [-0.25, -0.2) is 0 Å². The first-order chi connectivity index (χ1) is 10.6. The second-order valence-electron chi connectivity index (χ2n) is 5.12. The van der Waals surface area contributed by atoms with Crippen LogP contribution < -0.4 is 10.6 Å². The normalized spacial score (nSPS) is 11.7. The van der Waals surface area contributed by atoms with Gasteiger partial charge in [-0.15, -0.1) is 11.3 Å². The van der Waals surface area contributed by atoms with E-state index in [1.807, 2.05) is 48.7 Å². The molecule has 0 unspecified atom stereocenters. The number of anilines is 1. The number of carbonyl (C=O) groups excluding carboxylic acids is 2. The Hall–Kier alpha value is -2.14. The molecule has 4 nitrogen and oxygen atoms in total. The summed E-state index contributed by atoms with van der Waals surface area (Å²) in [5.74, 6) is -0.0625. The monoisotopic (exact) mass is 316 g/mol. The number of thiophene rings is 1. The van der Waals surface area contributed by atoms with Crippen LogP contribution in [0, 0.1) is 0 Å². The molecule has 1 aromatic heterocycles. The fraction of sp³-hybridized carbons (Fsp3) is 0.294. The van der Waals surface area contributed by atoms with E-state index in [1.54, 1.807) is 6.07 Å². The van der Waals surface area contributed by atoms with Crippen LogP contribution in [0.15, 0.2) is 47.8 Å². The van der Waals surface area contributed by atoms with Crippen molar-refractivity contribution < 1.29 is 9.59 Å². The second kappa shape index (κ2) is 8.34. The van der Waals surface area contributed by atoms with Gasteiger partial charge in [-0.1, -0.05) is 24.3 Å². The molecule has 5 heteroatoms. The maximum Gasteiger partial charge on any atom is 0.220 e. The van der Waals surface area contributed by atoms with Crippen molar-refractivity contribution >= 4 is 28.7 Å². The molecule has 0 radical (unpaired) electrons. The molecule has 1 heterocycles. The van der Waals surface area contributed by atoms with Gasteiger partial charge in [0.2, 0.25) is 5.91 Å². The first-order valence-electron chi connectivity index (χ1n) is 7.30. The number of hydrogen-bond donors (Lipinski definition) is 2. The van der Waals surface area contributed by atoms with Gasteiger partial charge < -0.3 is 10.6 Å². The van der Waals surface area contributed by atoms with Gasteiger partial charge in [0.15, 0.2) is 5.78 Å². The van der Waals surface area contributed by atoms with Crippen molar-refractivity contribution in [1.82, 2.24) is 5.32 Å². The molecule has 0 spiro atoms. The van der Waals surface area contributed by atoms with Gasteiger partial charge in [0.05, 0.1) is 4.88 Å². The van der Waals surface area contributed by atoms with Gasteiger partial charge in [0.25, 0.3) is 0 Å². The van der Waals surface area contributed by atoms with E-state index in [4.69, 9.17) is 0 Å². The quantitative estimate of drug-likeness (QED) is 0.735. The number of ketones is 1. The molecule has 1 aromatic carbocycles. The largest absolute Gasteiger partial charge is 0.383 e. The molecule has 116 valence electrons. The number of nitrogens with one attached hydrogen (secondary N) is 2. The first-order valence-corrected chi connectivity index (χ1v) is 8.18. The SMILES string of the molecule is C[C@H](CNc1ccccc1)NC(=O)CCC(=O)c1cccs1. The predicted octanol–water partition coefficient (Wildman–Crippen LogP) is 3.33. The Morgan fingerprint density at radius 1 is 1.09 bits per heavy atom. The number of para-hydroxylation sites is 1. The molecular formula is C17H20N2O2S. The second-order valence-corrected chi connectivity index (χ2v) is 6.06. The molecule has 0 fully saturated rings. The Bertz CT molecular complexity index is 596. The van der Waals surface area contributed by atoms with E-state index in [0.29, 0.717) is 11.4 Å². The fourth-order valence-corrected chi connectivity index (χ4v) is 2.71. The van der Waals surface area contributed by atoms with E-state index < -0.39 is 0 Å². The lowest BCUT2D eigenvalue weighted by Crippen LogP contribution is -2.37. The average molecular weight is 316 g/mol. The molecule has 1 atom stereocenters. The van der Waals surface area contributed by atoms with E-state index in [1.165, 1.54) is 11.3 Å². The summed E-state index contributed by atoms with van der Waals surface area (Å²) in [6.45, 7) is 2.59. The smallest absolute Gasteiger partial charge is 0.220 e. The highest BCUT2D eigenvalue weighted by Crippen LogP contribution is 2.12. The average Bonchev–Trinajstić information content (AvgIpc) is 3.06. The van der Waals surface area contributed by atoms with Crippen molar-refractivity contribution in [2.75, 3.05) is 11.9 Å². The zero-order valence-electron chi connectivity index (χ0n) is 12.5. The summed E-state index contributed by atoms with van der Waals surface area (Å²) >= 11 is 1.41. The summed E-state index contributed by atoms with van der Waals surface area (Å²) in [6.07, 6.45) is 0.484. The predicted molar refractivity (Wildman–Crippen MR) is 90.4 cm³/mol. The zero-order valence-corrected chi connectivity index (χ0v) is 13.4. The molecule has 0 aliphatic heterocycles. The number of rotatable bonds is 8. The third-order valence-electron chi connectivity index (χ3n) is 3.17. The van der Waals surface area contributed by atoms with Gasteiger partial charge >= 0.3 is 0 Å².